The highest BCUT2D eigenvalue weighted by molar-refractivity contribution is 5.94. The Morgan fingerprint density at radius 1 is 0.889 bits per heavy atom. The van der Waals surface area contributed by atoms with E-state index in [-0.39, 0.29) is 24.7 Å². The Balaban J connectivity index is 5.36. The van der Waals surface area contributed by atoms with E-state index >= 15 is 0 Å². The van der Waals surface area contributed by atoms with Gasteiger partial charge in [-0.05, 0) is 52.4 Å². The van der Waals surface area contributed by atoms with Crippen LogP contribution in [0, 0.1) is 17.2 Å². The second-order valence-electron chi connectivity index (χ2n) is 10.6. The zero-order chi connectivity index (χ0) is 28.2. The molecule has 0 aromatic rings. The van der Waals surface area contributed by atoms with Crippen molar-refractivity contribution in [3.63, 3.8) is 0 Å². The van der Waals surface area contributed by atoms with Gasteiger partial charge in [-0.25, -0.2) is 4.79 Å². The molecule has 0 unspecified atom stereocenters. The van der Waals surface area contributed by atoms with Crippen LogP contribution in [0.3, 0.4) is 0 Å². The maximum absolute atomic E-state index is 13.1. The maximum Gasteiger partial charge on any atom is 0.408 e. The van der Waals surface area contributed by atoms with E-state index in [4.69, 9.17) is 15.9 Å². The molecule has 0 aliphatic rings. The largest absolute Gasteiger partial charge is 0.444 e. The lowest BCUT2D eigenvalue weighted by Gasteiger charge is -2.28. The van der Waals surface area contributed by atoms with E-state index in [0.717, 1.165) is 6.21 Å². The third-order valence-corrected chi connectivity index (χ3v) is 4.94. The minimum Gasteiger partial charge on any atom is -0.444 e. The molecule has 0 aromatic heterocycles. The standard InChI is InChI=1S/C24H44N6O6/c1-13(2)11-17(21(33)28-16(12-25)9-10-18(26)31)29-22(34)19(14(3)4)30-20(32)15(5)27-23(35)36-24(6,7)8/h12-17,19,25H,9-11H2,1-8H3,(H2,26,31)(H,27,35)(H,28,33)(H,29,34)(H,30,32)/t15-,16-,17-,19-/m0/s1. The predicted molar refractivity (Wildman–Crippen MR) is 136 cm³/mol. The summed E-state index contributed by atoms with van der Waals surface area (Å²) in [6, 6.07) is -3.58. The highest BCUT2D eigenvalue weighted by atomic mass is 16.6. The number of hydrogen-bond acceptors (Lipinski definition) is 7. The number of nitrogens with two attached hydrogens (primary N) is 1. The van der Waals surface area contributed by atoms with Crippen LogP contribution in [0.5, 0.6) is 0 Å². The van der Waals surface area contributed by atoms with Crippen LogP contribution in [0.1, 0.15) is 74.7 Å². The Labute approximate surface area is 213 Å². The summed E-state index contributed by atoms with van der Waals surface area (Å²) in [5, 5.41) is 17.9. The molecule has 0 aliphatic carbocycles. The first-order valence-corrected chi connectivity index (χ1v) is 12.2. The van der Waals surface area contributed by atoms with Crippen LogP contribution in [-0.4, -0.2) is 65.7 Å². The molecule has 0 fully saturated rings. The highest BCUT2D eigenvalue weighted by Gasteiger charge is 2.31. The summed E-state index contributed by atoms with van der Waals surface area (Å²) < 4.78 is 5.15. The zero-order valence-electron chi connectivity index (χ0n) is 22.7. The minimum atomic E-state index is -0.976. The number of carbonyl (C=O) groups excluding carboxylic acids is 5. The number of nitrogens with one attached hydrogen (secondary N) is 5. The average molecular weight is 513 g/mol. The van der Waals surface area contributed by atoms with E-state index in [1.807, 2.05) is 13.8 Å². The van der Waals surface area contributed by atoms with Gasteiger partial charge >= 0.3 is 6.09 Å². The quantitative estimate of drug-likeness (QED) is 0.188. The molecule has 36 heavy (non-hydrogen) atoms. The summed E-state index contributed by atoms with van der Waals surface area (Å²) in [6.07, 6.45) is 0.721. The molecule has 4 atom stereocenters. The van der Waals surface area contributed by atoms with E-state index in [2.05, 4.69) is 21.3 Å². The molecule has 0 saturated carbocycles. The molecule has 0 radical (unpaired) electrons. The van der Waals surface area contributed by atoms with Crippen molar-refractivity contribution in [3.8, 4) is 0 Å². The van der Waals surface area contributed by atoms with Crippen molar-refractivity contribution in [2.75, 3.05) is 0 Å². The molecule has 0 aliphatic heterocycles. The Kier molecular flexibility index (Phi) is 13.7. The van der Waals surface area contributed by atoms with Crippen molar-refractivity contribution in [1.82, 2.24) is 21.3 Å². The Morgan fingerprint density at radius 3 is 1.92 bits per heavy atom. The number of hydrogen-bond donors (Lipinski definition) is 6. The maximum atomic E-state index is 13.1. The van der Waals surface area contributed by atoms with Gasteiger partial charge in [-0.3, -0.25) is 19.2 Å². The first kappa shape index (κ1) is 32.8. The molecule has 0 saturated heterocycles. The number of carbonyl (C=O) groups is 5. The van der Waals surface area contributed by atoms with Crippen LogP contribution >= 0.6 is 0 Å². The molecule has 0 aromatic carbocycles. The summed E-state index contributed by atoms with van der Waals surface area (Å²) in [5.41, 5.74) is 4.41. The van der Waals surface area contributed by atoms with Crippen molar-refractivity contribution in [2.24, 2.45) is 17.6 Å². The number of alkyl carbamates (subject to hydrolysis) is 1. The molecule has 7 N–H and O–H groups in total. The SMILES string of the molecule is CC(C)C[C@H](NC(=O)[C@@H](NC(=O)[C@H](C)NC(=O)OC(C)(C)C)C(C)C)C(=O)N[C@H](C=N)CCC(N)=O. The molecular weight excluding hydrogens is 468 g/mol. The summed E-state index contributed by atoms with van der Waals surface area (Å²) in [4.78, 5) is 61.7. The second kappa shape index (κ2) is 15.0. The number of amides is 5. The van der Waals surface area contributed by atoms with Gasteiger partial charge in [0.15, 0.2) is 0 Å². The van der Waals surface area contributed by atoms with Crippen LogP contribution in [0.25, 0.3) is 0 Å². The molecule has 0 heterocycles. The van der Waals surface area contributed by atoms with Gasteiger partial charge in [-0.2, -0.15) is 0 Å². The molecule has 5 amide bonds. The molecule has 0 bridgehead atoms. The fraction of sp³-hybridized carbons (Fsp3) is 0.750. The molecule has 0 rings (SSSR count). The van der Waals surface area contributed by atoms with Gasteiger partial charge in [0.25, 0.3) is 0 Å². The molecule has 206 valence electrons. The van der Waals surface area contributed by atoms with Crippen LogP contribution in [0.15, 0.2) is 0 Å². The lowest BCUT2D eigenvalue weighted by molar-refractivity contribution is -0.133. The van der Waals surface area contributed by atoms with Crippen LogP contribution in [-0.2, 0) is 23.9 Å². The average Bonchev–Trinajstić information content (AvgIpc) is 2.71. The van der Waals surface area contributed by atoms with Crippen LogP contribution in [0.4, 0.5) is 4.79 Å². The van der Waals surface area contributed by atoms with E-state index in [0.29, 0.717) is 6.42 Å². The van der Waals surface area contributed by atoms with Crippen molar-refractivity contribution < 1.29 is 28.7 Å². The van der Waals surface area contributed by atoms with Gasteiger partial charge in [0, 0.05) is 12.6 Å². The van der Waals surface area contributed by atoms with Gasteiger partial charge < -0.3 is 37.1 Å². The van der Waals surface area contributed by atoms with Crippen molar-refractivity contribution in [1.29, 1.82) is 5.41 Å². The lowest BCUT2D eigenvalue weighted by atomic mass is 9.99. The summed E-state index contributed by atoms with van der Waals surface area (Å²) in [5.74, 6) is -2.48. The normalized spacial score (nSPS) is 14.7. The van der Waals surface area contributed by atoms with Crippen molar-refractivity contribution in [3.05, 3.63) is 0 Å². The van der Waals surface area contributed by atoms with Crippen molar-refractivity contribution >= 4 is 35.9 Å². The van der Waals surface area contributed by atoms with Crippen LogP contribution < -0.4 is 27.0 Å². The van der Waals surface area contributed by atoms with Gasteiger partial charge in [-0.15, -0.1) is 0 Å². The third-order valence-electron chi connectivity index (χ3n) is 4.94. The number of ether oxygens (including phenoxy) is 1. The summed E-state index contributed by atoms with van der Waals surface area (Å²) in [7, 11) is 0. The zero-order valence-corrected chi connectivity index (χ0v) is 22.7. The van der Waals surface area contributed by atoms with E-state index < -0.39 is 59.5 Å². The Hall–Kier alpha value is -3.18. The van der Waals surface area contributed by atoms with E-state index in [9.17, 15) is 24.0 Å². The Bertz CT molecular complexity index is 792. The summed E-state index contributed by atoms with van der Waals surface area (Å²) in [6.45, 7) is 13.8. The lowest BCUT2D eigenvalue weighted by Crippen LogP contribution is -2.58. The monoisotopic (exact) mass is 512 g/mol. The molecular formula is C24H44N6O6. The number of rotatable bonds is 14. The fourth-order valence-electron chi connectivity index (χ4n) is 3.11. The van der Waals surface area contributed by atoms with Crippen molar-refractivity contribution in [2.45, 2.75) is 104 Å². The van der Waals surface area contributed by atoms with Gasteiger partial charge in [0.05, 0.1) is 6.04 Å². The smallest absolute Gasteiger partial charge is 0.408 e. The van der Waals surface area contributed by atoms with Crippen LogP contribution in [0.2, 0.25) is 0 Å². The first-order chi connectivity index (χ1) is 16.5. The molecule has 12 nitrogen and oxygen atoms in total. The van der Waals surface area contributed by atoms with Gasteiger partial charge in [0.2, 0.25) is 23.6 Å². The number of primary amides is 1. The summed E-state index contributed by atoms with van der Waals surface area (Å²) >= 11 is 0. The first-order valence-electron chi connectivity index (χ1n) is 12.2. The van der Waals surface area contributed by atoms with E-state index in [1.54, 1.807) is 34.6 Å². The molecule has 0 spiro atoms. The topological polar surface area (TPSA) is 193 Å². The third kappa shape index (κ3) is 13.6. The fourth-order valence-corrected chi connectivity index (χ4v) is 3.11. The highest BCUT2D eigenvalue weighted by Crippen LogP contribution is 2.10. The minimum absolute atomic E-state index is 0.00148. The molecule has 12 heteroatoms. The Morgan fingerprint density at radius 2 is 1.47 bits per heavy atom. The second-order valence-corrected chi connectivity index (χ2v) is 10.6. The van der Waals surface area contributed by atoms with Gasteiger partial charge in [0.1, 0.15) is 23.7 Å². The predicted octanol–water partition coefficient (Wildman–Crippen LogP) is 0.971. The van der Waals surface area contributed by atoms with Gasteiger partial charge in [-0.1, -0.05) is 27.7 Å². The van der Waals surface area contributed by atoms with E-state index in [1.165, 1.54) is 6.92 Å².